The van der Waals surface area contributed by atoms with Crippen molar-refractivity contribution in [1.29, 1.82) is 5.41 Å². The Morgan fingerprint density at radius 3 is 2.59 bits per heavy atom. The van der Waals surface area contributed by atoms with Crippen molar-refractivity contribution in [3.8, 4) is 11.1 Å². The number of nitrogens with two attached hydrogens (primary N) is 1. The lowest BCUT2D eigenvalue weighted by atomic mass is 9.95. The molecule has 9 heteroatoms. The number of pyridine rings is 1. The lowest BCUT2D eigenvalue weighted by Gasteiger charge is -2.41. The number of aromatic nitrogens is 3. The predicted molar refractivity (Wildman–Crippen MR) is 131 cm³/mol. The van der Waals surface area contributed by atoms with Crippen LogP contribution in [0.25, 0.3) is 16.8 Å². The molecule has 34 heavy (non-hydrogen) atoms. The number of ether oxygens (including phenoxy) is 1. The molecular formula is C25H26N8O. The summed E-state index contributed by atoms with van der Waals surface area (Å²) in [6.07, 6.45) is 10.2. The minimum absolute atomic E-state index is 0.0266. The maximum Gasteiger partial charge on any atom is 0.155 e. The maximum absolute atomic E-state index is 9.00. The van der Waals surface area contributed by atoms with Crippen molar-refractivity contribution in [2.75, 3.05) is 18.8 Å². The molecule has 2 aliphatic carbocycles. The highest BCUT2D eigenvalue weighted by atomic mass is 16.5. The monoisotopic (exact) mass is 454 g/mol. The Bertz CT molecular complexity index is 1360. The Morgan fingerprint density at radius 1 is 1.06 bits per heavy atom. The molecule has 0 radical (unpaired) electrons. The number of nitrogen functional groups attached to an aromatic ring is 1. The first-order valence-corrected chi connectivity index (χ1v) is 11.8. The van der Waals surface area contributed by atoms with Crippen molar-refractivity contribution in [1.82, 2.24) is 19.5 Å². The molecule has 4 heterocycles. The molecule has 1 unspecified atom stereocenters. The highest BCUT2D eigenvalue weighted by Crippen LogP contribution is 2.54. The molecule has 0 bridgehead atoms. The molecule has 3 aromatic rings. The number of rotatable bonds is 3. The standard InChI is InChI=1S/C25H26N8O/c26-19-3-1-16(17-2-4-21-30-15-31-33(21)11-17)9-18(19)23(27)20-10-22(29-14-28-20)32-12-24(5-6-24)34-25(13-32)7-8-25/h1-4,9,11,14-15,20,27H,5-8,10,12-13,26H2. The van der Waals surface area contributed by atoms with E-state index in [0.29, 0.717) is 23.4 Å². The molecule has 1 saturated heterocycles. The van der Waals surface area contributed by atoms with Crippen LogP contribution in [-0.2, 0) is 4.74 Å². The van der Waals surface area contributed by atoms with Crippen LogP contribution >= 0.6 is 0 Å². The molecule has 0 amide bonds. The fraction of sp³-hybridized carbons (Fsp3) is 0.400. The molecule has 9 nitrogen and oxygen atoms in total. The Hall–Kier alpha value is -3.59. The highest BCUT2D eigenvalue weighted by Gasteiger charge is 2.60. The molecule has 3 fully saturated rings. The number of amidine groups is 1. The SMILES string of the molecule is N=C(c1cc(-c2ccc3ncnn3c2)ccc1N)C1CC(N2CC3(CC3)OC3(CC3)C2)=NC=N1. The van der Waals surface area contributed by atoms with Crippen LogP contribution in [0.4, 0.5) is 5.69 Å². The van der Waals surface area contributed by atoms with E-state index in [1.54, 1.807) is 10.9 Å². The third-order valence-electron chi connectivity index (χ3n) is 7.48. The summed E-state index contributed by atoms with van der Waals surface area (Å²) in [7, 11) is 0. The van der Waals surface area contributed by atoms with Gasteiger partial charge in [0.1, 0.15) is 24.5 Å². The summed E-state index contributed by atoms with van der Waals surface area (Å²) in [5, 5.41) is 13.2. The molecule has 2 spiro atoms. The second-order valence-corrected chi connectivity index (χ2v) is 10.1. The van der Waals surface area contributed by atoms with Gasteiger partial charge in [0.2, 0.25) is 0 Å². The highest BCUT2D eigenvalue weighted by molar-refractivity contribution is 6.10. The fourth-order valence-corrected chi connectivity index (χ4v) is 5.24. The molecule has 3 N–H and O–H groups in total. The van der Waals surface area contributed by atoms with Crippen LogP contribution < -0.4 is 5.73 Å². The largest absolute Gasteiger partial charge is 0.398 e. The minimum Gasteiger partial charge on any atom is -0.398 e. The number of morpholine rings is 1. The third-order valence-corrected chi connectivity index (χ3v) is 7.48. The van der Waals surface area contributed by atoms with Gasteiger partial charge in [0, 0.05) is 42.5 Å². The van der Waals surface area contributed by atoms with Gasteiger partial charge in [-0.1, -0.05) is 6.07 Å². The molecule has 2 aliphatic heterocycles. The number of nitrogens with one attached hydrogen (secondary N) is 1. The van der Waals surface area contributed by atoms with Crippen LogP contribution in [0, 0.1) is 5.41 Å². The number of benzene rings is 1. The predicted octanol–water partition coefficient (Wildman–Crippen LogP) is 2.94. The van der Waals surface area contributed by atoms with E-state index < -0.39 is 0 Å². The Balaban J connectivity index is 1.14. The first-order valence-electron chi connectivity index (χ1n) is 11.8. The molecule has 7 rings (SSSR count). The summed E-state index contributed by atoms with van der Waals surface area (Å²) in [6.45, 7) is 1.79. The first-order chi connectivity index (χ1) is 16.5. The topological polar surface area (TPSA) is 117 Å². The molecule has 1 aromatic carbocycles. The van der Waals surface area contributed by atoms with E-state index in [-0.39, 0.29) is 17.2 Å². The van der Waals surface area contributed by atoms with Crippen molar-refractivity contribution >= 4 is 29.2 Å². The van der Waals surface area contributed by atoms with Crippen LogP contribution in [0.15, 0.2) is 52.8 Å². The van der Waals surface area contributed by atoms with E-state index in [1.165, 1.54) is 6.33 Å². The maximum atomic E-state index is 9.00. The summed E-state index contributed by atoms with van der Waals surface area (Å²) >= 11 is 0. The first kappa shape index (κ1) is 19.8. The van der Waals surface area contributed by atoms with Gasteiger partial charge in [-0.25, -0.2) is 14.5 Å². The van der Waals surface area contributed by atoms with E-state index in [4.69, 9.17) is 15.9 Å². The van der Waals surface area contributed by atoms with E-state index in [1.807, 2.05) is 36.5 Å². The van der Waals surface area contributed by atoms with Crippen molar-refractivity contribution in [2.24, 2.45) is 9.98 Å². The molecule has 4 aliphatic rings. The Labute approximate surface area is 196 Å². The van der Waals surface area contributed by atoms with Crippen LogP contribution in [-0.4, -0.2) is 67.7 Å². The van der Waals surface area contributed by atoms with E-state index in [2.05, 4.69) is 25.0 Å². The number of hydrogen-bond acceptors (Lipinski definition) is 8. The van der Waals surface area contributed by atoms with E-state index in [9.17, 15) is 0 Å². The van der Waals surface area contributed by atoms with Gasteiger partial charge in [-0.15, -0.1) is 0 Å². The van der Waals surface area contributed by atoms with Crippen molar-refractivity contribution in [3.05, 3.63) is 48.4 Å². The molecule has 172 valence electrons. The summed E-state index contributed by atoms with van der Waals surface area (Å²) in [6, 6.07) is 9.44. The van der Waals surface area contributed by atoms with Gasteiger partial charge in [0.05, 0.1) is 16.9 Å². The van der Waals surface area contributed by atoms with Gasteiger partial charge in [-0.3, -0.25) is 4.99 Å². The number of hydrogen-bond donors (Lipinski definition) is 2. The number of aliphatic imine (C=N–C) groups is 2. The van der Waals surface area contributed by atoms with Crippen LogP contribution in [0.5, 0.6) is 0 Å². The van der Waals surface area contributed by atoms with Crippen LogP contribution in [0.3, 0.4) is 0 Å². The van der Waals surface area contributed by atoms with Gasteiger partial charge in [-0.05, 0) is 55.5 Å². The lowest BCUT2D eigenvalue weighted by molar-refractivity contribution is -0.100. The molecular weight excluding hydrogens is 428 g/mol. The Morgan fingerprint density at radius 2 is 1.82 bits per heavy atom. The summed E-state index contributed by atoms with van der Waals surface area (Å²) < 4.78 is 8.18. The number of fused-ring (bicyclic) bond motifs is 1. The fourth-order valence-electron chi connectivity index (χ4n) is 5.24. The average molecular weight is 455 g/mol. The van der Waals surface area contributed by atoms with Crippen molar-refractivity contribution in [3.63, 3.8) is 0 Å². The molecule has 1 atom stereocenters. The summed E-state index contributed by atoms with van der Waals surface area (Å²) in [5.41, 5.74) is 10.8. The van der Waals surface area contributed by atoms with Crippen molar-refractivity contribution in [2.45, 2.75) is 49.3 Å². The van der Waals surface area contributed by atoms with Crippen LogP contribution in [0.1, 0.15) is 37.7 Å². The lowest BCUT2D eigenvalue weighted by Crippen LogP contribution is -2.53. The van der Waals surface area contributed by atoms with E-state index >= 15 is 0 Å². The zero-order valence-corrected chi connectivity index (χ0v) is 18.8. The normalized spacial score (nSPS) is 23.9. The third kappa shape index (κ3) is 3.30. The Kier molecular flexibility index (Phi) is 4.06. The summed E-state index contributed by atoms with van der Waals surface area (Å²) in [4.78, 5) is 15.8. The van der Waals surface area contributed by atoms with Crippen LogP contribution in [0.2, 0.25) is 0 Å². The van der Waals surface area contributed by atoms with Gasteiger partial charge in [-0.2, -0.15) is 5.10 Å². The molecule has 2 saturated carbocycles. The quantitative estimate of drug-likeness (QED) is 0.466. The smallest absolute Gasteiger partial charge is 0.155 e. The zero-order valence-electron chi connectivity index (χ0n) is 18.8. The van der Waals surface area contributed by atoms with Gasteiger partial charge < -0.3 is 20.8 Å². The van der Waals surface area contributed by atoms with E-state index in [0.717, 1.165) is 61.4 Å². The average Bonchev–Trinajstić information content (AvgIpc) is 3.73. The minimum atomic E-state index is -0.309. The summed E-state index contributed by atoms with van der Waals surface area (Å²) in [5.74, 6) is 1.01. The molecule has 2 aromatic heterocycles. The van der Waals surface area contributed by atoms with Gasteiger partial charge >= 0.3 is 0 Å². The van der Waals surface area contributed by atoms with Gasteiger partial charge in [0.15, 0.2) is 5.65 Å². The van der Waals surface area contributed by atoms with Gasteiger partial charge in [0.25, 0.3) is 0 Å². The number of nitrogens with zero attached hydrogens (tertiary/aromatic N) is 6. The second kappa shape index (κ2) is 6.96. The van der Waals surface area contributed by atoms with Crippen molar-refractivity contribution < 1.29 is 4.74 Å². The number of anilines is 1. The second-order valence-electron chi connectivity index (χ2n) is 10.1. The zero-order chi connectivity index (χ0) is 22.9.